The molecule has 0 aliphatic rings. The molecular weight excluding hydrogens is 633 g/mol. The van der Waals surface area contributed by atoms with Crippen molar-refractivity contribution in [3.05, 3.63) is 168 Å². The molecule has 2 nitrogen and oxygen atoms in total. The largest absolute Gasteiger partial charge is 0.236 e. The number of hydrogen-bond donors (Lipinski definition) is 0. The standard InChI is InChI=1S/C45H30N2S2/c1-29-37(38-17-5-7-19-41(38)48-29)23-21-36-28-46-45(47-44(36)34-22-24-43-40(27-34)39-18-6-8-20-42(39)49-43)35-16-10-15-33(26-35)32-14-9-13-31(25-32)30-11-3-2-4-12-30/h2-28H,1H3/b23-21-. The number of nitrogens with zero attached hydrogens (tertiary/aromatic N) is 2. The van der Waals surface area contributed by atoms with Crippen LogP contribution in [0, 0.1) is 6.92 Å². The molecule has 0 amide bonds. The van der Waals surface area contributed by atoms with Crippen LogP contribution in [0.4, 0.5) is 0 Å². The number of thiophene rings is 2. The zero-order chi connectivity index (χ0) is 32.7. The third-order valence-electron chi connectivity index (χ3n) is 9.14. The molecule has 0 aliphatic carbocycles. The van der Waals surface area contributed by atoms with Crippen LogP contribution in [0.2, 0.25) is 0 Å². The number of hydrogen-bond acceptors (Lipinski definition) is 4. The summed E-state index contributed by atoms with van der Waals surface area (Å²) in [5, 5.41) is 3.81. The molecule has 0 unspecified atom stereocenters. The van der Waals surface area contributed by atoms with Gasteiger partial charge in [0.2, 0.25) is 0 Å². The first-order chi connectivity index (χ1) is 24.2. The molecule has 0 spiro atoms. The molecule has 0 N–H and O–H groups in total. The molecule has 6 aromatic carbocycles. The quantitative estimate of drug-likeness (QED) is 0.177. The fourth-order valence-electron chi connectivity index (χ4n) is 6.67. The van der Waals surface area contributed by atoms with Crippen molar-refractivity contribution in [3.63, 3.8) is 0 Å². The molecule has 0 bridgehead atoms. The van der Waals surface area contributed by atoms with Gasteiger partial charge in [0.15, 0.2) is 5.82 Å². The second kappa shape index (κ2) is 12.4. The minimum atomic E-state index is 0.709. The van der Waals surface area contributed by atoms with Crippen LogP contribution < -0.4 is 0 Å². The maximum absolute atomic E-state index is 5.31. The summed E-state index contributed by atoms with van der Waals surface area (Å²) in [5.74, 6) is 0.709. The highest BCUT2D eigenvalue weighted by molar-refractivity contribution is 7.25. The molecule has 3 heterocycles. The van der Waals surface area contributed by atoms with E-state index in [0.717, 1.165) is 33.5 Å². The summed E-state index contributed by atoms with van der Waals surface area (Å²) in [6.45, 7) is 2.20. The minimum Gasteiger partial charge on any atom is -0.236 e. The Morgan fingerprint density at radius 2 is 1.08 bits per heavy atom. The lowest BCUT2D eigenvalue weighted by molar-refractivity contribution is 1.17. The molecule has 4 heteroatoms. The van der Waals surface area contributed by atoms with Crippen molar-refractivity contribution in [3.8, 4) is 44.9 Å². The SMILES string of the molecule is Cc1sc2ccccc2c1/C=C\c1cnc(-c2cccc(-c3cccc(-c4ccccc4)c3)c2)nc1-c1ccc2sc3ccccc3c2c1. The fourth-order valence-corrected chi connectivity index (χ4v) is 8.81. The van der Waals surface area contributed by atoms with E-state index >= 15 is 0 Å². The van der Waals surface area contributed by atoms with E-state index in [2.05, 4.69) is 165 Å². The number of rotatable bonds is 6. The molecule has 9 aromatic rings. The molecule has 0 aliphatic heterocycles. The molecule has 0 radical (unpaired) electrons. The van der Waals surface area contributed by atoms with Crippen molar-refractivity contribution in [1.82, 2.24) is 9.97 Å². The van der Waals surface area contributed by atoms with Gasteiger partial charge in [0, 0.05) is 52.6 Å². The predicted molar refractivity (Wildman–Crippen MR) is 212 cm³/mol. The van der Waals surface area contributed by atoms with Crippen molar-refractivity contribution >= 4 is 65.1 Å². The van der Waals surface area contributed by atoms with Crippen molar-refractivity contribution in [2.75, 3.05) is 0 Å². The minimum absolute atomic E-state index is 0.709. The number of aromatic nitrogens is 2. The van der Waals surface area contributed by atoms with Crippen LogP contribution in [0.15, 0.2) is 152 Å². The first-order valence-corrected chi connectivity index (χ1v) is 18.0. The summed E-state index contributed by atoms with van der Waals surface area (Å²) in [5.41, 5.74) is 9.93. The van der Waals surface area contributed by atoms with Gasteiger partial charge >= 0.3 is 0 Å². The first-order valence-electron chi connectivity index (χ1n) is 16.4. The number of fused-ring (bicyclic) bond motifs is 4. The van der Waals surface area contributed by atoms with E-state index in [1.54, 1.807) is 0 Å². The Balaban J connectivity index is 1.16. The van der Waals surface area contributed by atoms with E-state index in [9.17, 15) is 0 Å². The molecule has 9 rings (SSSR count). The Morgan fingerprint density at radius 1 is 0.469 bits per heavy atom. The summed E-state index contributed by atoms with van der Waals surface area (Å²) in [7, 11) is 0. The van der Waals surface area contributed by atoms with Gasteiger partial charge < -0.3 is 0 Å². The monoisotopic (exact) mass is 662 g/mol. The van der Waals surface area contributed by atoms with Crippen LogP contribution in [0.25, 0.3) is 87.3 Å². The van der Waals surface area contributed by atoms with E-state index in [0.29, 0.717) is 5.82 Å². The van der Waals surface area contributed by atoms with Crippen molar-refractivity contribution in [1.29, 1.82) is 0 Å². The zero-order valence-corrected chi connectivity index (χ0v) is 28.4. The summed E-state index contributed by atoms with van der Waals surface area (Å²) < 4.78 is 3.88. The Kier molecular flexibility index (Phi) is 7.46. The summed E-state index contributed by atoms with van der Waals surface area (Å²) in [6, 6.07) is 51.8. The summed E-state index contributed by atoms with van der Waals surface area (Å²) in [6.07, 6.45) is 6.40. The lowest BCUT2D eigenvalue weighted by Gasteiger charge is -2.11. The van der Waals surface area contributed by atoms with Gasteiger partial charge in [-0.2, -0.15) is 0 Å². The van der Waals surface area contributed by atoms with Crippen LogP contribution in [0.3, 0.4) is 0 Å². The van der Waals surface area contributed by atoms with Gasteiger partial charge in [-0.3, -0.25) is 0 Å². The van der Waals surface area contributed by atoms with Gasteiger partial charge in [-0.25, -0.2) is 9.97 Å². The third-order valence-corrected chi connectivity index (χ3v) is 11.4. The van der Waals surface area contributed by atoms with Crippen LogP contribution in [0.5, 0.6) is 0 Å². The van der Waals surface area contributed by atoms with Crippen LogP contribution >= 0.6 is 22.7 Å². The highest BCUT2D eigenvalue weighted by Crippen LogP contribution is 2.38. The van der Waals surface area contributed by atoms with E-state index in [-0.39, 0.29) is 0 Å². The third kappa shape index (κ3) is 5.55. The van der Waals surface area contributed by atoms with Crippen molar-refractivity contribution in [2.45, 2.75) is 6.92 Å². The predicted octanol–water partition coefficient (Wildman–Crippen LogP) is 13.2. The lowest BCUT2D eigenvalue weighted by Crippen LogP contribution is -1.96. The van der Waals surface area contributed by atoms with Crippen LogP contribution in [0.1, 0.15) is 16.0 Å². The topological polar surface area (TPSA) is 25.8 Å². The van der Waals surface area contributed by atoms with Crippen molar-refractivity contribution in [2.24, 2.45) is 0 Å². The summed E-state index contributed by atoms with van der Waals surface area (Å²) in [4.78, 5) is 11.6. The van der Waals surface area contributed by atoms with Gasteiger partial charge in [0.05, 0.1) is 5.69 Å². The Morgan fingerprint density at radius 3 is 1.88 bits per heavy atom. The molecule has 232 valence electrons. The summed E-state index contributed by atoms with van der Waals surface area (Å²) >= 11 is 3.67. The van der Waals surface area contributed by atoms with E-state index in [4.69, 9.17) is 9.97 Å². The van der Waals surface area contributed by atoms with Crippen LogP contribution in [-0.2, 0) is 0 Å². The Labute approximate surface area is 293 Å². The highest BCUT2D eigenvalue weighted by Gasteiger charge is 2.14. The van der Waals surface area contributed by atoms with Gasteiger partial charge in [0.25, 0.3) is 0 Å². The van der Waals surface area contributed by atoms with Gasteiger partial charge in [0.1, 0.15) is 0 Å². The lowest BCUT2D eigenvalue weighted by atomic mass is 9.97. The first kappa shape index (κ1) is 29.5. The smallest absolute Gasteiger partial charge is 0.159 e. The maximum Gasteiger partial charge on any atom is 0.159 e. The Hall–Kier alpha value is -5.68. The highest BCUT2D eigenvalue weighted by atomic mass is 32.1. The Bertz CT molecular complexity index is 2680. The molecule has 49 heavy (non-hydrogen) atoms. The average Bonchev–Trinajstić information content (AvgIpc) is 3.70. The second-order valence-electron chi connectivity index (χ2n) is 12.2. The molecule has 3 aromatic heterocycles. The number of benzene rings is 6. The van der Waals surface area contributed by atoms with Crippen LogP contribution in [-0.4, -0.2) is 9.97 Å². The van der Waals surface area contributed by atoms with E-state index in [1.807, 2.05) is 28.9 Å². The molecule has 0 atom stereocenters. The molecule has 0 saturated carbocycles. The number of aryl methyl sites for hydroxylation is 1. The zero-order valence-electron chi connectivity index (χ0n) is 26.8. The molecule has 0 saturated heterocycles. The van der Waals surface area contributed by atoms with Gasteiger partial charge in [-0.1, -0.05) is 121 Å². The van der Waals surface area contributed by atoms with E-state index in [1.165, 1.54) is 51.8 Å². The second-order valence-corrected chi connectivity index (χ2v) is 14.6. The molecular formula is C45H30N2S2. The van der Waals surface area contributed by atoms with Gasteiger partial charge in [-0.05, 0) is 76.5 Å². The molecule has 0 fully saturated rings. The van der Waals surface area contributed by atoms with Crippen molar-refractivity contribution < 1.29 is 0 Å². The normalized spacial score (nSPS) is 11.7. The van der Waals surface area contributed by atoms with E-state index < -0.39 is 0 Å². The fraction of sp³-hybridized carbons (Fsp3) is 0.0222. The average molecular weight is 663 g/mol. The van der Waals surface area contributed by atoms with Gasteiger partial charge in [-0.15, -0.1) is 22.7 Å². The maximum atomic E-state index is 5.31.